The first-order valence-electron chi connectivity index (χ1n) is 10.5. The van der Waals surface area contributed by atoms with Crippen LogP contribution in [0.25, 0.3) is 10.9 Å². The molecular weight excluding hydrogens is 394 g/mol. The number of pyridine rings is 1. The Morgan fingerprint density at radius 3 is 2.81 bits per heavy atom. The van der Waals surface area contributed by atoms with Crippen LogP contribution in [0.1, 0.15) is 28.8 Å². The number of amides is 3. The highest BCUT2D eigenvalue weighted by molar-refractivity contribution is 5.98. The van der Waals surface area contributed by atoms with Crippen molar-refractivity contribution in [3.8, 4) is 0 Å². The van der Waals surface area contributed by atoms with E-state index in [9.17, 15) is 14.4 Å². The number of para-hydroxylation sites is 1. The number of hydrogen-bond acceptors (Lipinski definition) is 4. The van der Waals surface area contributed by atoms with Gasteiger partial charge in [0.2, 0.25) is 11.8 Å². The van der Waals surface area contributed by atoms with Gasteiger partial charge in [-0.3, -0.25) is 19.4 Å². The Balaban J connectivity index is 1.26. The summed E-state index contributed by atoms with van der Waals surface area (Å²) in [5.41, 5.74) is 2.54. The Morgan fingerprint density at radius 2 is 1.97 bits per heavy atom. The quantitative estimate of drug-likeness (QED) is 0.596. The van der Waals surface area contributed by atoms with Crippen molar-refractivity contribution in [1.29, 1.82) is 0 Å². The maximum atomic E-state index is 13.1. The molecule has 3 amide bonds. The van der Waals surface area contributed by atoms with E-state index in [2.05, 4.69) is 20.6 Å². The molecule has 3 N–H and O–H groups in total. The van der Waals surface area contributed by atoms with Crippen molar-refractivity contribution in [1.82, 2.24) is 25.5 Å². The molecule has 1 aromatic carbocycles. The van der Waals surface area contributed by atoms with E-state index in [0.717, 1.165) is 16.5 Å². The fourth-order valence-corrected chi connectivity index (χ4v) is 4.57. The van der Waals surface area contributed by atoms with Gasteiger partial charge in [0, 0.05) is 54.1 Å². The Bertz CT molecular complexity index is 1140. The van der Waals surface area contributed by atoms with Gasteiger partial charge in [-0.05, 0) is 36.6 Å². The molecule has 2 fully saturated rings. The standard InChI is InChI=1S/C23H23N5O3/c29-21(14-5-8-24-9-6-14)26-16-7-10-28-20(12-16)22(30)27-19(23(28)31)11-15-13-25-18-4-2-1-3-17(15)18/h1-6,8-9,13,16,19-20,25H,7,10-12H2,(H,26,29)(H,27,30)/t16-,19+,20-/m0/s1. The second kappa shape index (κ2) is 7.86. The van der Waals surface area contributed by atoms with E-state index < -0.39 is 12.1 Å². The monoisotopic (exact) mass is 417 g/mol. The van der Waals surface area contributed by atoms with E-state index in [0.29, 0.717) is 31.4 Å². The topological polar surface area (TPSA) is 107 Å². The van der Waals surface area contributed by atoms with Crippen LogP contribution in [0.2, 0.25) is 0 Å². The highest BCUT2D eigenvalue weighted by Crippen LogP contribution is 2.25. The number of rotatable bonds is 4. The van der Waals surface area contributed by atoms with Gasteiger partial charge in [-0.15, -0.1) is 0 Å². The maximum Gasteiger partial charge on any atom is 0.251 e. The van der Waals surface area contributed by atoms with E-state index in [4.69, 9.17) is 0 Å². The van der Waals surface area contributed by atoms with Crippen LogP contribution in [0.3, 0.4) is 0 Å². The van der Waals surface area contributed by atoms with Crippen molar-refractivity contribution < 1.29 is 14.4 Å². The summed E-state index contributed by atoms with van der Waals surface area (Å²) in [4.78, 5) is 47.2. The molecular formula is C23H23N5O3. The fraction of sp³-hybridized carbons (Fsp3) is 0.304. The van der Waals surface area contributed by atoms with Crippen LogP contribution >= 0.6 is 0 Å². The first kappa shape index (κ1) is 19.3. The lowest BCUT2D eigenvalue weighted by atomic mass is 9.91. The summed E-state index contributed by atoms with van der Waals surface area (Å²) >= 11 is 0. The fourth-order valence-electron chi connectivity index (χ4n) is 4.57. The van der Waals surface area contributed by atoms with Crippen molar-refractivity contribution in [2.45, 2.75) is 37.4 Å². The smallest absolute Gasteiger partial charge is 0.251 e. The second-order valence-electron chi connectivity index (χ2n) is 8.10. The summed E-state index contributed by atoms with van der Waals surface area (Å²) in [5.74, 6) is -0.415. The van der Waals surface area contributed by atoms with Crippen LogP contribution in [0.15, 0.2) is 55.0 Å². The SMILES string of the molecule is O=C(N[C@H]1CCN2C(=O)[C@@H](Cc3c[nH]c4ccccc34)NC(=O)[C@@H]2C1)c1ccncc1. The molecule has 158 valence electrons. The molecule has 4 heterocycles. The van der Waals surface area contributed by atoms with Crippen molar-refractivity contribution >= 4 is 28.6 Å². The van der Waals surface area contributed by atoms with Gasteiger partial charge in [0.15, 0.2) is 0 Å². The molecule has 0 unspecified atom stereocenters. The highest BCUT2D eigenvalue weighted by Gasteiger charge is 2.44. The van der Waals surface area contributed by atoms with Gasteiger partial charge in [0.25, 0.3) is 5.91 Å². The van der Waals surface area contributed by atoms with Gasteiger partial charge >= 0.3 is 0 Å². The Labute approximate surface area is 179 Å². The molecule has 0 saturated carbocycles. The van der Waals surface area contributed by atoms with E-state index in [-0.39, 0.29) is 23.8 Å². The molecule has 2 aliphatic heterocycles. The average Bonchev–Trinajstić information content (AvgIpc) is 3.21. The summed E-state index contributed by atoms with van der Waals surface area (Å²) < 4.78 is 0. The Hall–Kier alpha value is -3.68. The molecule has 8 heteroatoms. The summed E-state index contributed by atoms with van der Waals surface area (Å²) in [6, 6.07) is 9.92. The maximum absolute atomic E-state index is 13.1. The lowest BCUT2D eigenvalue weighted by Gasteiger charge is -2.44. The Kier molecular flexibility index (Phi) is 4.89. The molecule has 0 bridgehead atoms. The van der Waals surface area contributed by atoms with Crippen LogP contribution in [0.4, 0.5) is 0 Å². The third kappa shape index (κ3) is 3.65. The third-order valence-electron chi connectivity index (χ3n) is 6.18. The van der Waals surface area contributed by atoms with Gasteiger partial charge < -0.3 is 20.5 Å². The molecule has 0 radical (unpaired) electrons. The number of piperazine rings is 1. The number of hydrogen-bond donors (Lipinski definition) is 3. The minimum absolute atomic E-state index is 0.0613. The van der Waals surface area contributed by atoms with Crippen LogP contribution in [0, 0.1) is 0 Å². The van der Waals surface area contributed by atoms with Gasteiger partial charge in [-0.2, -0.15) is 0 Å². The molecule has 3 aromatic rings. The van der Waals surface area contributed by atoms with Gasteiger partial charge in [0.05, 0.1) is 0 Å². The number of fused-ring (bicyclic) bond motifs is 2. The predicted molar refractivity (Wildman–Crippen MR) is 114 cm³/mol. The molecule has 3 atom stereocenters. The largest absolute Gasteiger partial charge is 0.361 e. The van der Waals surface area contributed by atoms with Crippen molar-refractivity contribution in [3.63, 3.8) is 0 Å². The van der Waals surface area contributed by atoms with E-state index >= 15 is 0 Å². The summed E-state index contributed by atoms with van der Waals surface area (Å²) in [6.45, 7) is 0.447. The minimum Gasteiger partial charge on any atom is -0.361 e. The number of nitrogens with zero attached hydrogens (tertiary/aromatic N) is 2. The predicted octanol–water partition coefficient (Wildman–Crippen LogP) is 1.39. The number of carbonyl (C=O) groups is 3. The lowest BCUT2D eigenvalue weighted by molar-refractivity contribution is -0.151. The molecule has 2 aromatic heterocycles. The van der Waals surface area contributed by atoms with Crippen molar-refractivity contribution in [2.75, 3.05) is 6.54 Å². The van der Waals surface area contributed by atoms with E-state index in [1.807, 2.05) is 30.5 Å². The Morgan fingerprint density at radius 1 is 1.16 bits per heavy atom. The second-order valence-corrected chi connectivity index (χ2v) is 8.10. The van der Waals surface area contributed by atoms with E-state index in [1.165, 1.54) is 0 Å². The van der Waals surface area contributed by atoms with Crippen molar-refractivity contribution in [2.24, 2.45) is 0 Å². The van der Waals surface area contributed by atoms with Crippen LogP contribution in [-0.2, 0) is 16.0 Å². The molecule has 31 heavy (non-hydrogen) atoms. The number of H-pyrrole nitrogens is 1. The summed E-state index contributed by atoms with van der Waals surface area (Å²) in [5, 5.41) is 6.95. The van der Waals surface area contributed by atoms with Gasteiger partial charge in [-0.25, -0.2) is 0 Å². The van der Waals surface area contributed by atoms with E-state index in [1.54, 1.807) is 29.4 Å². The number of carbonyl (C=O) groups excluding carboxylic acids is 3. The molecule has 2 aliphatic rings. The molecule has 0 aliphatic carbocycles. The van der Waals surface area contributed by atoms with Crippen LogP contribution in [0.5, 0.6) is 0 Å². The van der Waals surface area contributed by atoms with Gasteiger partial charge in [-0.1, -0.05) is 18.2 Å². The molecule has 0 spiro atoms. The lowest BCUT2D eigenvalue weighted by Crippen LogP contribution is -2.67. The van der Waals surface area contributed by atoms with Crippen LogP contribution < -0.4 is 10.6 Å². The summed E-state index contributed by atoms with van der Waals surface area (Å²) in [6.07, 6.45) is 6.51. The normalized spacial score (nSPS) is 23.4. The van der Waals surface area contributed by atoms with Crippen LogP contribution in [-0.4, -0.2) is 57.3 Å². The van der Waals surface area contributed by atoms with Gasteiger partial charge in [0.1, 0.15) is 12.1 Å². The molecule has 8 nitrogen and oxygen atoms in total. The molecule has 5 rings (SSSR count). The zero-order valence-corrected chi connectivity index (χ0v) is 16.9. The highest BCUT2D eigenvalue weighted by atomic mass is 16.2. The number of nitrogens with one attached hydrogen (secondary N) is 3. The number of piperidine rings is 1. The minimum atomic E-state index is -0.578. The van der Waals surface area contributed by atoms with Crippen molar-refractivity contribution in [3.05, 3.63) is 66.1 Å². The zero-order chi connectivity index (χ0) is 21.4. The number of aromatic amines is 1. The number of benzene rings is 1. The first-order chi connectivity index (χ1) is 15.1. The third-order valence-corrected chi connectivity index (χ3v) is 6.18. The molecule has 2 saturated heterocycles. The first-order valence-corrected chi connectivity index (χ1v) is 10.5. The summed E-state index contributed by atoms with van der Waals surface area (Å²) in [7, 11) is 0. The number of aromatic nitrogens is 2. The zero-order valence-electron chi connectivity index (χ0n) is 16.9. The average molecular weight is 417 g/mol.